The lowest BCUT2D eigenvalue weighted by Gasteiger charge is -2.25. The summed E-state index contributed by atoms with van der Waals surface area (Å²) in [6.07, 6.45) is 1.65. The van der Waals surface area contributed by atoms with Crippen LogP contribution in [0.5, 0.6) is 0 Å². The monoisotopic (exact) mass is 329 g/mol. The first-order chi connectivity index (χ1) is 8.89. The van der Waals surface area contributed by atoms with Crippen molar-refractivity contribution in [2.45, 2.75) is 26.4 Å². The third kappa shape index (κ3) is 4.80. The number of hydrogen-bond acceptors (Lipinski definition) is 4. The number of rotatable bonds is 6. The average Bonchev–Trinajstić information content (AvgIpc) is 2.36. The summed E-state index contributed by atoms with van der Waals surface area (Å²) < 4.78 is 6.31. The second-order valence-corrected chi connectivity index (χ2v) is 5.59. The van der Waals surface area contributed by atoms with Crippen LogP contribution < -0.4 is 10.6 Å². The zero-order valence-electron chi connectivity index (χ0n) is 11.7. The first-order valence-corrected chi connectivity index (χ1v) is 6.94. The third-order valence-corrected chi connectivity index (χ3v) is 2.98. The Balaban J connectivity index is 2.76. The molecule has 0 atom stereocenters. The standard InChI is InChI=1S/C13H20BrN3O2/c1-5-19-13(2,3)8-17-12(18)10-6-9(14)7-16-11(10)15-4/h6-7H,5,8H2,1-4H3,(H,15,16)(H,17,18). The lowest BCUT2D eigenvalue weighted by atomic mass is 10.1. The van der Waals surface area contributed by atoms with Crippen LogP contribution in [0, 0.1) is 0 Å². The zero-order valence-corrected chi connectivity index (χ0v) is 13.3. The Morgan fingerprint density at radius 1 is 1.53 bits per heavy atom. The van der Waals surface area contributed by atoms with E-state index in [1.807, 2.05) is 20.8 Å². The van der Waals surface area contributed by atoms with Gasteiger partial charge >= 0.3 is 0 Å². The second-order valence-electron chi connectivity index (χ2n) is 4.68. The summed E-state index contributed by atoms with van der Waals surface area (Å²) in [7, 11) is 1.73. The summed E-state index contributed by atoms with van der Waals surface area (Å²) in [4.78, 5) is 16.3. The second kappa shape index (κ2) is 6.86. The minimum atomic E-state index is -0.385. The van der Waals surface area contributed by atoms with E-state index in [1.165, 1.54) is 0 Å². The van der Waals surface area contributed by atoms with Crippen LogP contribution in [-0.4, -0.2) is 36.7 Å². The van der Waals surface area contributed by atoms with Crippen LogP contribution >= 0.6 is 15.9 Å². The number of nitrogens with zero attached hydrogens (tertiary/aromatic N) is 1. The zero-order chi connectivity index (χ0) is 14.5. The molecule has 0 aliphatic carbocycles. The number of hydrogen-bond donors (Lipinski definition) is 2. The first-order valence-electron chi connectivity index (χ1n) is 6.15. The third-order valence-electron chi connectivity index (χ3n) is 2.55. The van der Waals surface area contributed by atoms with Gasteiger partial charge in [-0.1, -0.05) is 0 Å². The normalized spacial score (nSPS) is 11.2. The molecule has 106 valence electrons. The Labute approximate surface area is 122 Å². The smallest absolute Gasteiger partial charge is 0.255 e. The molecule has 0 aliphatic rings. The van der Waals surface area contributed by atoms with Crippen LogP contribution in [0.15, 0.2) is 16.7 Å². The highest BCUT2D eigenvalue weighted by Crippen LogP contribution is 2.18. The minimum absolute atomic E-state index is 0.175. The van der Waals surface area contributed by atoms with E-state index in [0.29, 0.717) is 24.5 Å². The van der Waals surface area contributed by atoms with Crippen molar-refractivity contribution in [2.75, 3.05) is 25.5 Å². The molecular weight excluding hydrogens is 310 g/mol. The number of pyridine rings is 1. The molecule has 0 saturated heterocycles. The molecule has 5 nitrogen and oxygen atoms in total. The van der Waals surface area contributed by atoms with Gasteiger partial charge in [-0.25, -0.2) is 4.98 Å². The molecule has 19 heavy (non-hydrogen) atoms. The Morgan fingerprint density at radius 2 is 2.21 bits per heavy atom. The lowest BCUT2D eigenvalue weighted by Crippen LogP contribution is -2.40. The first kappa shape index (κ1) is 15.9. The maximum absolute atomic E-state index is 12.2. The van der Waals surface area contributed by atoms with E-state index in [1.54, 1.807) is 19.3 Å². The van der Waals surface area contributed by atoms with Gasteiger partial charge in [0.2, 0.25) is 0 Å². The van der Waals surface area contributed by atoms with E-state index in [-0.39, 0.29) is 11.5 Å². The number of ether oxygens (including phenoxy) is 1. The van der Waals surface area contributed by atoms with Gasteiger partial charge in [-0.3, -0.25) is 4.79 Å². The van der Waals surface area contributed by atoms with Crippen molar-refractivity contribution in [3.05, 3.63) is 22.3 Å². The quantitative estimate of drug-likeness (QED) is 0.841. The van der Waals surface area contributed by atoms with Gasteiger partial charge < -0.3 is 15.4 Å². The topological polar surface area (TPSA) is 63.2 Å². The fourth-order valence-electron chi connectivity index (χ4n) is 1.64. The van der Waals surface area contributed by atoms with Crippen LogP contribution in [-0.2, 0) is 4.74 Å². The summed E-state index contributed by atoms with van der Waals surface area (Å²) in [5.41, 5.74) is 0.119. The Kier molecular flexibility index (Phi) is 5.75. The minimum Gasteiger partial charge on any atom is -0.374 e. The van der Waals surface area contributed by atoms with Gasteiger partial charge in [0.1, 0.15) is 5.82 Å². The van der Waals surface area contributed by atoms with E-state index in [0.717, 1.165) is 4.47 Å². The van der Waals surface area contributed by atoms with E-state index in [9.17, 15) is 4.79 Å². The van der Waals surface area contributed by atoms with Gasteiger partial charge in [-0.15, -0.1) is 0 Å². The largest absolute Gasteiger partial charge is 0.374 e. The SMILES string of the molecule is CCOC(C)(C)CNC(=O)c1cc(Br)cnc1NC. The Morgan fingerprint density at radius 3 is 2.79 bits per heavy atom. The summed E-state index contributed by atoms with van der Waals surface area (Å²) >= 11 is 3.31. The van der Waals surface area contributed by atoms with Gasteiger partial charge in [0.15, 0.2) is 0 Å². The van der Waals surface area contributed by atoms with Crippen molar-refractivity contribution in [2.24, 2.45) is 0 Å². The number of carbonyl (C=O) groups excluding carboxylic acids is 1. The van der Waals surface area contributed by atoms with Crippen LogP contribution in [0.2, 0.25) is 0 Å². The van der Waals surface area contributed by atoms with Gasteiger partial charge in [0, 0.05) is 30.9 Å². The van der Waals surface area contributed by atoms with E-state index in [4.69, 9.17) is 4.74 Å². The predicted octanol–water partition coefficient (Wildman–Crippen LogP) is 2.43. The molecule has 0 fully saturated rings. The van der Waals surface area contributed by atoms with Gasteiger partial charge in [0.25, 0.3) is 5.91 Å². The van der Waals surface area contributed by atoms with Gasteiger partial charge in [0.05, 0.1) is 11.2 Å². The van der Waals surface area contributed by atoms with Crippen LogP contribution in [0.3, 0.4) is 0 Å². The van der Waals surface area contributed by atoms with Crippen LogP contribution in [0.1, 0.15) is 31.1 Å². The maximum atomic E-state index is 12.2. The number of aromatic nitrogens is 1. The van der Waals surface area contributed by atoms with E-state index in [2.05, 4.69) is 31.5 Å². The number of anilines is 1. The molecular formula is C13H20BrN3O2. The molecule has 1 heterocycles. The molecule has 0 saturated carbocycles. The van der Waals surface area contributed by atoms with Crippen LogP contribution in [0.25, 0.3) is 0 Å². The number of halogens is 1. The molecule has 0 spiro atoms. The highest BCUT2D eigenvalue weighted by atomic mass is 79.9. The number of nitrogens with one attached hydrogen (secondary N) is 2. The van der Waals surface area contributed by atoms with Crippen molar-refractivity contribution in [3.63, 3.8) is 0 Å². The van der Waals surface area contributed by atoms with E-state index < -0.39 is 0 Å². The highest BCUT2D eigenvalue weighted by Gasteiger charge is 2.20. The molecule has 1 rings (SSSR count). The fourth-order valence-corrected chi connectivity index (χ4v) is 1.97. The molecule has 1 amide bonds. The fraction of sp³-hybridized carbons (Fsp3) is 0.538. The lowest BCUT2D eigenvalue weighted by molar-refractivity contribution is -0.00815. The molecule has 1 aromatic heterocycles. The summed E-state index contributed by atoms with van der Waals surface area (Å²) in [6.45, 7) is 6.86. The Hall–Kier alpha value is -1.14. The molecule has 1 aromatic rings. The molecule has 0 unspecified atom stereocenters. The van der Waals surface area contributed by atoms with Crippen molar-refractivity contribution in [1.29, 1.82) is 0 Å². The summed E-state index contributed by atoms with van der Waals surface area (Å²) in [6, 6.07) is 1.74. The molecule has 0 aromatic carbocycles. The number of amides is 1. The maximum Gasteiger partial charge on any atom is 0.255 e. The number of carbonyl (C=O) groups is 1. The molecule has 6 heteroatoms. The van der Waals surface area contributed by atoms with Gasteiger partial charge in [-0.05, 0) is 42.8 Å². The Bertz CT molecular complexity index is 450. The highest BCUT2D eigenvalue weighted by molar-refractivity contribution is 9.10. The van der Waals surface area contributed by atoms with Crippen molar-refractivity contribution in [1.82, 2.24) is 10.3 Å². The molecule has 0 radical (unpaired) electrons. The predicted molar refractivity (Wildman–Crippen MR) is 79.5 cm³/mol. The van der Waals surface area contributed by atoms with Crippen molar-refractivity contribution >= 4 is 27.7 Å². The summed E-state index contributed by atoms with van der Waals surface area (Å²) in [5.74, 6) is 0.376. The van der Waals surface area contributed by atoms with Gasteiger partial charge in [-0.2, -0.15) is 0 Å². The molecule has 2 N–H and O–H groups in total. The average molecular weight is 330 g/mol. The van der Waals surface area contributed by atoms with Crippen molar-refractivity contribution in [3.8, 4) is 0 Å². The van der Waals surface area contributed by atoms with Crippen molar-refractivity contribution < 1.29 is 9.53 Å². The van der Waals surface area contributed by atoms with E-state index >= 15 is 0 Å². The molecule has 0 bridgehead atoms. The summed E-state index contributed by atoms with van der Waals surface area (Å²) in [5, 5.41) is 5.76. The molecule has 0 aliphatic heterocycles. The van der Waals surface area contributed by atoms with Crippen LogP contribution in [0.4, 0.5) is 5.82 Å².